The predicted octanol–water partition coefficient (Wildman–Crippen LogP) is 2.79. The van der Waals surface area contributed by atoms with Gasteiger partial charge < -0.3 is 5.11 Å². The zero-order valence-electron chi connectivity index (χ0n) is 9.74. The van der Waals surface area contributed by atoms with Crippen molar-refractivity contribution in [2.24, 2.45) is 0 Å². The molecule has 1 aliphatic rings. The van der Waals surface area contributed by atoms with Crippen molar-refractivity contribution in [2.45, 2.75) is 5.92 Å². The molecule has 1 aliphatic carbocycles. The van der Waals surface area contributed by atoms with Crippen LogP contribution < -0.4 is 0 Å². The topological polar surface area (TPSA) is 80.4 Å². The van der Waals surface area contributed by atoms with E-state index in [1.54, 1.807) is 18.2 Å². The van der Waals surface area contributed by atoms with Gasteiger partial charge in [0.2, 0.25) is 0 Å². The number of non-ortho nitro benzene ring substituents is 1. The number of aliphatic carboxylic acids is 1. The quantitative estimate of drug-likeness (QED) is 0.660. The number of carboxylic acid groups (broad SMARTS) is 1. The molecule has 2 aromatic rings. The summed E-state index contributed by atoms with van der Waals surface area (Å²) in [5.41, 5.74) is 2.68. The number of rotatable bonds is 2. The lowest BCUT2D eigenvalue weighted by Crippen LogP contribution is -2.10. The highest BCUT2D eigenvalue weighted by molar-refractivity contribution is 5.93. The molecule has 0 saturated carbocycles. The largest absolute Gasteiger partial charge is 0.481 e. The van der Waals surface area contributed by atoms with Gasteiger partial charge in [-0.05, 0) is 28.3 Å². The van der Waals surface area contributed by atoms with Gasteiger partial charge in [-0.1, -0.05) is 24.3 Å². The Bertz CT molecular complexity index is 708. The highest BCUT2D eigenvalue weighted by Gasteiger charge is 2.34. The van der Waals surface area contributed by atoms with E-state index in [0.29, 0.717) is 11.1 Å². The fourth-order valence-corrected chi connectivity index (χ4v) is 2.58. The molecule has 0 spiro atoms. The maximum atomic E-state index is 11.4. The summed E-state index contributed by atoms with van der Waals surface area (Å²) in [6.07, 6.45) is 0. The average Bonchev–Trinajstić information content (AvgIpc) is 2.72. The van der Waals surface area contributed by atoms with Gasteiger partial charge in [0.25, 0.3) is 5.69 Å². The molecule has 3 rings (SSSR count). The Labute approximate surface area is 108 Å². The number of nitrogens with zero attached hydrogens (tertiary/aromatic N) is 1. The second-order valence-corrected chi connectivity index (χ2v) is 4.39. The lowest BCUT2D eigenvalue weighted by Gasteiger charge is -2.07. The van der Waals surface area contributed by atoms with Crippen molar-refractivity contribution in [2.75, 3.05) is 0 Å². The van der Waals surface area contributed by atoms with Crippen molar-refractivity contribution in [3.8, 4) is 11.1 Å². The molecule has 0 aromatic heterocycles. The summed E-state index contributed by atoms with van der Waals surface area (Å²) in [6, 6.07) is 11.6. The van der Waals surface area contributed by atoms with Crippen LogP contribution in [0.1, 0.15) is 17.0 Å². The summed E-state index contributed by atoms with van der Waals surface area (Å²) in [7, 11) is 0. The molecule has 1 N–H and O–H groups in total. The number of carboxylic acids is 1. The number of fused-ring (bicyclic) bond motifs is 3. The molecule has 0 radical (unpaired) electrons. The summed E-state index contributed by atoms with van der Waals surface area (Å²) < 4.78 is 0. The Morgan fingerprint density at radius 3 is 2.47 bits per heavy atom. The molecule has 5 heteroatoms. The normalized spacial score (nSPS) is 15.7. The Morgan fingerprint density at radius 2 is 1.79 bits per heavy atom. The molecule has 0 bridgehead atoms. The Balaban J connectivity index is 2.28. The molecule has 19 heavy (non-hydrogen) atoms. The van der Waals surface area contributed by atoms with Crippen LogP contribution in [0.4, 0.5) is 5.69 Å². The average molecular weight is 255 g/mol. The lowest BCUT2D eigenvalue weighted by molar-refractivity contribution is -0.384. The van der Waals surface area contributed by atoms with Crippen LogP contribution in [0.25, 0.3) is 11.1 Å². The van der Waals surface area contributed by atoms with E-state index in [1.165, 1.54) is 12.1 Å². The summed E-state index contributed by atoms with van der Waals surface area (Å²) in [6.45, 7) is 0. The maximum absolute atomic E-state index is 11.4. The van der Waals surface area contributed by atoms with Crippen molar-refractivity contribution in [1.82, 2.24) is 0 Å². The van der Waals surface area contributed by atoms with Gasteiger partial charge in [-0.2, -0.15) is 0 Å². The van der Waals surface area contributed by atoms with E-state index in [9.17, 15) is 20.0 Å². The fraction of sp³-hybridized carbons (Fsp3) is 0.0714. The van der Waals surface area contributed by atoms with Gasteiger partial charge in [0.15, 0.2) is 0 Å². The monoisotopic (exact) mass is 255 g/mol. The smallest absolute Gasteiger partial charge is 0.315 e. The first-order valence-corrected chi connectivity index (χ1v) is 5.70. The van der Waals surface area contributed by atoms with E-state index in [-0.39, 0.29) is 5.69 Å². The number of carbonyl (C=O) groups is 1. The van der Waals surface area contributed by atoms with Crippen molar-refractivity contribution in [3.63, 3.8) is 0 Å². The van der Waals surface area contributed by atoms with Crippen LogP contribution in [0.2, 0.25) is 0 Å². The van der Waals surface area contributed by atoms with E-state index in [0.717, 1.165) is 11.1 Å². The van der Waals surface area contributed by atoms with Gasteiger partial charge >= 0.3 is 5.97 Å². The van der Waals surface area contributed by atoms with Gasteiger partial charge in [-0.15, -0.1) is 0 Å². The van der Waals surface area contributed by atoms with E-state index in [4.69, 9.17) is 0 Å². The van der Waals surface area contributed by atoms with Crippen LogP contribution in [0.15, 0.2) is 42.5 Å². The number of hydrogen-bond acceptors (Lipinski definition) is 3. The van der Waals surface area contributed by atoms with Crippen LogP contribution in [0.5, 0.6) is 0 Å². The number of hydrogen-bond donors (Lipinski definition) is 1. The standard InChI is InChI=1S/C14H9NO4/c16-14(17)13-11-4-2-1-3-9(11)10-6-5-8(15(18)19)7-12(10)13/h1-7,13H,(H,16,17). The Hall–Kier alpha value is -2.69. The fourth-order valence-electron chi connectivity index (χ4n) is 2.58. The molecule has 0 saturated heterocycles. The molecular formula is C14H9NO4. The predicted molar refractivity (Wildman–Crippen MR) is 68.0 cm³/mol. The molecular weight excluding hydrogens is 246 g/mol. The summed E-state index contributed by atoms with van der Waals surface area (Å²) >= 11 is 0. The summed E-state index contributed by atoms with van der Waals surface area (Å²) in [4.78, 5) is 21.7. The molecule has 2 aromatic carbocycles. The molecule has 0 fully saturated rings. The maximum Gasteiger partial charge on any atom is 0.315 e. The first-order chi connectivity index (χ1) is 9.09. The van der Waals surface area contributed by atoms with Gasteiger partial charge in [-0.25, -0.2) is 0 Å². The second kappa shape index (κ2) is 3.91. The molecule has 0 heterocycles. The summed E-state index contributed by atoms with van der Waals surface area (Å²) in [5.74, 6) is -1.82. The van der Waals surface area contributed by atoms with E-state index < -0.39 is 16.8 Å². The molecule has 1 atom stereocenters. The van der Waals surface area contributed by atoms with Gasteiger partial charge in [-0.3, -0.25) is 14.9 Å². The number of nitro benzene ring substituents is 1. The van der Waals surface area contributed by atoms with E-state index in [1.807, 2.05) is 12.1 Å². The third-order valence-corrected chi connectivity index (χ3v) is 3.37. The van der Waals surface area contributed by atoms with Crippen molar-refractivity contribution >= 4 is 11.7 Å². The Kier molecular flexibility index (Phi) is 2.35. The lowest BCUT2D eigenvalue weighted by atomic mass is 9.97. The first kappa shape index (κ1) is 11.4. The third-order valence-electron chi connectivity index (χ3n) is 3.37. The minimum atomic E-state index is -0.994. The molecule has 1 unspecified atom stereocenters. The SMILES string of the molecule is O=C(O)C1c2ccccc2-c2ccc([N+](=O)[O-])cc21. The van der Waals surface area contributed by atoms with Crippen LogP contribution in [0, 0.1) is 10.1 Å². The second-order valence-electron chi connectivity index (χ2n) is 4.39. The Morgan fingerprint density at radius 1 is 1.11 bits per heavy atom. The van der Waals surface area contributed by atoms with E-state index >= 15 is 0 Å². The molecule has 0 aliphatic heterocycles. The highest BCUT2D eigenvalue weighted by atomic mass is 16.6. The van der Waals surface area contributed by atoms with Crippen LogP contribution in [-0.4, -0.2) is 16.0 Å². The van der Waals surface area contributed by atoms with Crippen LogP contribution in [0.3, 0.4) is 0 Å². The van der Waals surface area contributed by atoms with Crippen LogP contribution in [-0.2, 0) is 4.79 Å². The minimum Gasteiger partial charge on any atom is -0.481 e. The summed E-state index contributed by atoms with van der Waals surface area (Å²) in [5, 5.41) is 20.2. The van der Waals surface area contributed by atoms with Crippen molar-refractivity contribution < 1.29 is 14.8 Å². The van der Waals surface area contributed by atoms with Gasteiger partial charge in [0.1, 0.15) is 5.92 Å². The highest BCUT2D eigenvalue weighted by Crippen LogP contribution is 2.45. The zero-order valence-corrected chi connectivity index (χ0v) is 9.74. The van der Waals surface area contributed by atoms with Crippen LogP contribution >= 0.6 is 0 Å². The van der Waals surface area contributed by atoms with Gasteiger partial charge in [0.05, 0.1) is 4.92 Å². The first-order valence-electron chi connectivity index (χ1n) is 5.70. The van der Waals surface area contributed by atoms with Crippen molar-refractivity contribution in [1.29, 1.82) is 0 Å². The van der Waals surface area contributed by atoms with Gasteiger partial charge in [0, 0.05) is 12.1 Å². The molecule has 0 amide bonds. The molecule has 5 nitrogen and oxygen atoms in total. The minimum absolute atomic E-state index is 0.0854. The number of benzene rings is 2. The van der Waals surface area contributed by atoms with Crippen molar-refractivity contribution in [3.05, 3.63) is 63.7 Å². The third kappa shape index (κ3) is 1.59. The van der Waals surface area contributed by atoms with E-state index in [2.05, 4.69) is 0 Å². The zero-order chi connectivity index (χ0) is 13.6. The molecule has 94 valence electrons. The number of nitro groups is 1.